The lowest BCUT2D eigenvalue weighted by atomic mass is 10.1. The van der Waals surface area contributed by atoms with Gasteiger partial charge in [0.2, 0.25) is 5.91 Å². The van der Waals surface area contributed by atoms with E-state index in [9.17, 15) is 17.6 Å². The van der Waals surface area contributed by atoms with Crippen molar-refractivity contribution in [2.75, 3.05) is 5.75 Å². The van der Waals surface area contributed by atoms with E-state index in [0.29, 0.717) is 12.0 Å². The second-order valence-electron chi connectivity index (χ2n) is 6.18. The predicted octanol–water partition coefficient (Wildman–Crippen LogP) is 3.09. The first-order valence-corrected chi connectivity index (χ1v) is 9.79. The highest BCUT2D eigenvalue weighted by Crippen LogP contribution is 2.36. The quantitative estimate of drug-likeness (QED) is 0.766. The van der Waals surface area contributed by atoms with Crippen molar-refractivity contribution >= 4 is 15.7 Å². The second kappa shape index (κ2) is 6.99. The molecule has 0 unspecified atom stereocenters. The maximum Gasteiger partial charge on any atom is 0.241 e. The lowest BCUT2D eigenvalue weighted by molar-refractivity contribution is -0.133. The summed E-state index contributed by atoms with van der Waals surface area (Å²) in [7, 11) is -3.47. The van der Waals surface area contributed by atoms with Gasteiger partial charge in [-0.25, -0.2) is 12.8 Å². The molecule has 0 aliphatic heterocycles. The minimum absolute atomic E-state index is 0.00745. The molecule has 2 rings (SSSR count). The van der Waals surface area contributed by atoms with Crippen molar-refractivity contribution in [3.8, 4) is 0 Å². The van der Waals surface area contributed by atoms with E-state index in [-0.39, 0.29) is 17.6 Å². The van der Waals surface area contributed by atoms with Gasteiger partial charge in [-0.1, -0.05) is 25.1 Å². The zero-order valence-electron chi connectivity index (χ0n) is 13.8. The Bertz CT molecular complexity index is 670. The lowest BCUT2D eigenvalue weighted by Gasteiger charge is -2.32. The predicted molar refractivity (Wildman–Crippen MR) is 88.2 cm³/mol. The summed E-state index contributed by atoms with van der Waals surface area (Å²) in [5, 5.41) is -1.09. The molecule has 1 aliphatic carbocycles. The van der Waals surface area contributed by atoms with Crippen LogP contribution in [0.1, 0.15) is 51.6 Å². The largest absolute Gasteiger partial charge is 0.332 e. The number of carbonyl (C=O) groups is 1. The van der Waals surface area contributed by atoms with Crippen LogP contribution in [0.15, 0.2) is 24.3 Å². The fraction of sp³-hybridized carbons (Fsp3) is 0.588. The minimum Gasteiger partial charge on any atom is -0.332 e. The van der Waals surface area contributed by atoms with Gasteiger partial charge in [-0.15, -0.1) is 0 Å². The zero-order valence-corrected chi connectivity index (χ0v) is 14.6. The summed E-state index contributed by atoms with van der Waals surface area (Å²) in [6.45, 7) is 4.97. The van der Waals surface area contributed by atoms with Gasteiger partial charge in [0.15, 0.2) is 9.84 Å². The topological polar surface area (TPSA) is 54.5 Å². The third-order valence-electron chi connectivity index (χ3n) is 4.34. The molecule has 23 heavy (non-hydrogen) atoms. The van der Waals surface area contributed by atoms with Gasteiger partial charge in [-0.05, 0) is 39.2 Å². The molecule has 0 N–H and O–H groups in total. The molecule has 2 atom stereocenters. The van der Waals surface area contributed by atoms with E-state index in [4.69, 9.17) is 0 Å². The van der Waals surface area contributed by atoms with Gasteiger partial charge >= 0.3 is 0 Å². The average Bonchev–Trinajstić information content (AvgIpc) is 3.31. The summed E-state index contributed by atoms with van der Waals surface area (Å²) in [6, 6.07) is 5.86. The van der Waals surface area contributed by atoms with Crippen molar-refractivity contribution in [2.24, 2.45) is 0 Å². The standard InChI is InChI=1S/C17H24FNO3S/c1-4-11-23(21,22)13(3)17(20)19(14-9-10-14)12(2)15-7-5-6-8-16(15)18/h5-8,12-14H,4,9-11H2,1-3H3/t12-,13+/m1/s1. The Morgan fingerprint density at radius 3 is 2.43 bits per heavy atom. The summed E-state index contributed by atoms with van der Waals surface area (Å²) < 4.78 is 38.5. The van der Waals surface area contributed by atoms with E-state index >= 15 is 0 Å². The first kappa shape index (κ1) is 17.9. The smallest absolute Gasteiger partial charge is 0.241 e. The second-order valence-corrected chi connectivity index (χ2v) is 8.62. The highest BCUT2D eigenvalue weighted by atomic mass is 32.2. The van der Waals surface area contributed by atoms with E-state index in [1.165, 1.54) is 13.0 Å². The molecule has 1 fully saturated rings. The lowest BCUT2D eigenvalue weighted by Crippen LogP contribution is -2.44. The van der Waals surface area contributed by atoms with Crippen molar-refractivity contribution in [1.29, 1.82) is 0 Å². The third-order valence-corrected chi connectivity index (χ3v) is 6.60. The SMILES string of the molecule is CCCS(=O)(=O)[C@@H](C)C(=O)N(C1CC1)[C@H](C)c1ccccc1F. The van der Waals surface area contributed by atoms with Gasteiger partial charge in [0.1, 0.15) is 11.1 Å². The Kier molecular flexibility index (Phi) is 5.45. The number of rotatable bonds is 7. The average molecular weight is 341 g/mol. The first-order chi connectivity index (χ1) is 10.8. The van der Waals surface area contributed by atoms with Gasteiger partial charge in [0.25, 0.3) is 0 Å². The van der Waals surface area contributed by atoms with Crippen LogP contribution in [0.2, 0.25) is 0 Å². The fourth-order valence-corrected chi connectivity index (χ4v) is 4.18. The molecule has 1 aliphatic rings. The number of benzene rings is 1. The molecular formula is C17H24FNO3S. The molecular weight excluding hydrogens is 317 g/mol. The Morgan fingerprint density at radius 2 is 1.91 bits per heavy atom. The van der Waals surface area contributed by atoms with E-state index in [2.05, 4.69) is 0 Å². The number of amides is 1. The van der Waals surface area contributed by atoms with Gasteiger partial charge in [0, 0.05) is 11.6 Å². The molecule has 0 aromatic heterocycles. The number of hydrogen-bond donors (Lipinski definition) is 0. The molecule has 1 aromatic rings. The normalized spacial score (nSPS) is 17.6. The van der Waals surface area contributed by atoms with Gasteiger partial charge in [0.05, 0.1) is 11.8 Å². The Hall–Kier alpha value is -1.43. The van der Waals surface area contributed by atoms with Crippen molar-refractivity contribution in [3.63, 3.8) is 0 Å². The van der Waals surface area contributed by atoms with E-state index < -0.39 is 27.0 Å². The van der Waals surface area contributed by atoms with Crippen LogP contribution in [0.25, 0.3) is 0 Å². The summed E-state index contributed by atoms with van der Waals surface area (Å²) in [6.07, 6.45) is 2.16. The summed E-state index contributed by atoms with van der Waals surface area (Å²) >= 11 is 0. The molecule has 0 saturated heterocycles. The highest BCUT2D eigenvalue weighted by molar-refractivity contribution is 7.92. The van der Waals surface area contributed by atoms with Crippen molar-refractivity contribution in [3.05, 3.63) is 35.6 Å². The molecule has 1 saturated carbocycles. The summed E-state index contributed by atoms with van der Waals surface area (Å²) in [5.41, 5.74) is 0.424. The highest BCUT2D eigenvalue weighted by Gasteiger charge is 2.41. The van der Waals surface area contributed by atoms with Gasteiger partial charge < -0.3 is 4.90 Å². The number of nitrogens with zero attached hydrogens (tertiary/aromatic N) is 1. The van der Waals surface area contributed by atoms with Crippen molar-refractivity contribution in [2.45, 2.75) is 57.4 Å². The fourth-order valence-electron chi connectivity index (χ4n) is 2.83. The Morgan fingerprint density at radius 1 is 1.30 bits per heavy atom. The van der Waals surface area contributed by atoms with Crippen LogP contribution in [-0.2, 0) is 14.6 Å². The first-order valence-electron chi connectivity index (χ1n) is 8.07. The number of halogens is 1. The molecule has 1 amide bonds. The monoisotopic (exact) mass is 341 g/mol. The van der Waals surface area contributed by atoms with Crippen molar-refractivity contribution < 1.29 is 17.6 Å². The molecule has 1 aromatic carbocycles. The Labute approximate surface area is 137 Å². The molecule has 0 bridgehead atoms. The number of sulfone groups is 1. The van der Waals surface area contributed by atoms with E-state index in [0.717, 1.165) is 12.8 Å². The number of hydrogen-bond acceptors (Lipinski definition) is 3. The third kappa shape index (κ3) is 3.91. The van der Waals surface area contributed by atoms with Crippen LogP contribution in [0.5, 0.6) is 0 Å². The number of carbonyl (C=O) groups excluding carboxylic acids is 1. The molecule has 0 radical (unpaired) electrons. The van der Waals surface area contributed by atoms with Crippen LogP contribution in [0.4, 0.5) is 4.39 Å². The molecule has 4 nitrogen and oxygen atoms in total. The zero-order chi connectivity index (χ0) is 17.2. The van der Waals surface area contributed by atoms with Crippen LogP contribution in [0, 0.1) is 5.82 Å². The van der Waals surface area contributed by atoms with Crippen LogP contribution >= 0.6 is 0 Å². The minimum atomic E-state index is -3.47. The maximum atomic E-state index is 14.0. The van der Waals surface area contributed by atoms with Crippen LogP contribution < -0.4 is 0 Å². The van der Waals surface area contributed by atoms with Crippen LogP contribution in [0.3, 0.4) is 0 Å². The molecule has 128 valence electrons. The van der Waals surface area contributed by atoms with E-state index in [1.54, 1.807) is 36.9 Å². The summed E-state index contributed by atoms with van der Waals surface area (Å²) in [5.74, 6) is -0.800. The molecule has 0 heterocycles. The van der Waals surface area contributed by atoms with Crippen LogP contribution in [-0.4, -0.2) is 36.3 Å². The molecule has 6 heteroatoms. The van der Waals surface area contributed by atoms with Gasteiger partial charge in [-0.2, -0.15) is 0 Å². The van der Waals surface area contributed by atoms with Gasteiger partial charge in [-0.3, -0.25) is 4.79 Å². The van der Waals surface area contributed by atoms with Crippen molar-refractivity contribution in [1.82, 2.24) is 4.90 Å². The molecule has 0 spiro atoms. The summed E-state index contributed by atoms with van der Waals surface area (Å²) in [4.78, 5) is 14.4. The Balaban J connectivity index is 2.28. The maximum absolute atomic E-state index is 14.0. The van der Waals surface area contributed by atoms with E-state index in [1.807, 2.05) is 0 Å².